The van der Waals surface area contributed by atoms with Gasteiger partial charge in [-0.25, -0.2) is 13.1 Å². The van der Waals surface area contributed by atoms with Gasteiger partial charge in [-0.2, -0.15) is 22.6 Å². The second-order valence-corrected chi connectivity index (χ2v) is 8.50. The van der Waals surface area contributed by atoms with Gasteiger partial charge in [-0.1, -0.05) is 12.5 Å². The van der Waals surface area contributed by atoms with Crippen molar-refractivity contribution in [2.75, 3.05) is 18.1 Å². The van der Waals surface area contributed by atoms with E-state index in [2.05, 4.69) is 10.4 Å². The largest absolute Gasteiger partial charge is 0.416 e. The van der Waals surface area contributed by atoms with Gasteiger partial charge < -0.3 is 5.32 Å². The maximum absolute atomic E-state index is 12.9. The Balaban J connectivity index is 1.77. The van der Waals surface area contributed by atoms with Crippen molar-refractivity contribution in [2.24, 2.45) is 0 Å². The molecule has 2 aromatic rings. The Labute approximate surface area is 160 Å². The maximum atomic E-state index is 12.9. The molecule has 152 valence electrons. The van der Waals surface area contributed by atoms with Gasteiger partial charge in [0.2, 0.25) is 15.9 Å². The predicted molar refractivity (Wildman–Crippen MR) is 96.4 cm³/mol. The van der Waals surface area contributed by atoms with Crippen molar-refractivity contribution in [2.45, 2.75) is 31.5 Å². The normalized spacial score (nSPS) is 18.8. The summed E-state index contributed by atoms with van der Waals surface area (Å²) in [6.07, 6.45) is -0.200. The fraction of sp³-hybridized carbons (Fsp3) is 0.412. The van der Waals surface area contributed by atoms with Crippen molar-refractivity contribution < 1.29 is 26.4 Å². The third-order valence-corrected chi connectivity index (χ3v) is 5.75. The third kappa shape index (κ3) is 4.53. The molecule has 7 nitrogen and oxygen atoms in total. The van der Waals surface area contributed by atoms with Crippen LogP contribution in [0, 0.1) is 0 Å². The van der Waals surface area contributed by atoms with Crippen LogP contribution in [-0.2, 0) is 21.0 Å². The monoisotopic (exact) mass is 416 g/mol. The highest BCUT2D eigenvalue weighted by Crippen LogP contribution is 2.30. The highest BCUT2D eigenvalue weighted by atomic mass is 32.2. The molecule has 1 unspecified atom stereocenters. The summed E-state index contributed by atoms with van der Waals surface area (Å²) in [5, 5.41) is 6.62. The molecule has 3 rings (SSSR count). The van der Waals surface area contributed by atoms with E-state index in [-0.39, 0.29) is 18.1 Å². The van der Waals surface area contributed by atoms with Crippen molar-refractivity contribution in [1.82, 2.24) is 14.1 Å². The van der Waals surface area contributed by atoms with Crippen LogP contribution in [0.3, 0.4) is 0 Å². The minimum absolute atomic E-state index is 0.126. The van der Waals surface area contributed by atoms with E-state index in [1.807, 2.05) is 0 Å². The molecule has 1 aliphatic heterocycles. The number of carbonyl (C=O) groups is 1. The van der Waals surface area contributed by atoms with Gasteiger partial charge in [0.15, 0.2) is 5.82 Å². The van der Waals surface area contributed by atoms with E-state index < -0.39 is 33.7 Å². The Morgan fingerprint density at radius 3 is 2.68 bits per heavy atom. The highest BCUT2D eigenvalue weighted by molar-refractivity contribution is 7.88. The van der Waals surface area contributed by atoms with Gasteiger partial charge in [-0.3, -0.25) is 4.79 Å². The second-order valence-electron chi connectivity index (χ2n) is 6.57. The molecule has 2 heterocycles. The summed E-state index contributed by atoms with van der Waals surface area (Å²) in [4.78, 5) is 12.5. The molecule has 11 heteroatoms. The van der Waals surface area contributed by atoms with E-state index in [9.17, 15) is 26.4 Å². The zero-order valence-electron chi connectivity index (χ0n) is 15.0. The van der Waals surface area contributed by atoms with Crippen molar-refractivity contribution >= 4 is 21.7 Å². The molecule has 0 radical (unpaired) electrons. The summed E-state index contributed by atoms with van der Waals surface area (Å²) in [5.74, 6) is -0.388. The Morgan fingerprint density at radius 1 is 1.25 bits per heavy atom. The molecule has 1 aliphatic rings. The second kappa shape index (κ2) is 7.55. The molecule has 0 bridgehead atoms. The number of aromatic nitrogens is 2. The molecule has 1 fully saturated rings. The number of carbonyl (C=O) groups excluding carboxylic acids is 1. The lowest BCUT2D eigenvalue weighted by molar-refractivity contribution is -0.137. The predicted octanol–water partition coefficient (Wildman–Crippen LogP) is 2.64. The number of halogens is 3. The first-order chi connectivity index (χ1) is 13.1. The SMILES string of the molecule is CS(=O)(=O)N1CCCCC1C(=O)Nc1ccn(-c2cccc(C(F)(F)F)c2)n1. The number of benzene rings is 1. The minimum Gasteiger partial charge on any atom is -0.308 e. The van der Waals surface area contributed by atoms with Gasteiger partial charge >= 0.3 is 6.18 Å². The molecular weight excluding hydrogens is 397 g/mol. The van der Waals surface area contributed by atoms with Crippen LogP contribution in [0.4, 0.5) is 19.0 Å². The van der Waals surface area contributed by atoms with Gasteiger partial charge in [0.05, 0.1) is 17.5 Å². The van der Waals surface area contributed by atoms with Gasteiger partial charge in [0, 0.05) is 18.8 Å². The Hall–Kier alpha value is -2.40. The Bertz CT molecular complexity index is 972. The van der Waals surface area contributed by atoms with Crippen molar-refractivity contribution in [3.05, 3.63) is 42.1 Å². The van der Waals surface area contributed by atoms with Crippen LogP contribution in [0.1, 0.15) is 24.8 Å². The van der Waals surface area contributed by atoms with Gasteiger partial charge in [0.1, 0.15) is 6.04 Å². The van der Waals surface area contributed by atoms with Crippen LogP contribution >= 0.6 is 0 Å². The summed E-state index contributed by atoms with van der Waals surface area (Å²) >= 11 is 0. The number of anilines is 1. The molecule has 1 aromatic heterocycles. The fourth-order valence-electron chi connectivity index (χ4n) is 3.13. The highest BCUT2D eigenvalue weighted by Gasteiger charge is 2.34. The summed E-state index contributed by atoms with van der Waals surface area (Å²) in [5.41, 5.74) is -0.622. The zero-order chi connectivity index (χ0) is 20.5. The Morgan fingerprint density at radius 2 is 2.00 bits per heavy atom. The standard InChI is InChI=1S/C17H19F3N4O3S/c1-28(26,27)24-9-3-2-7-14(24)16(25)21-15-8-10-23(22-15)13-6-4-5-12(11-13)17(18,19)20/h4-6,8,10-11,14H,2-3,7,9H2,1H3,(H,21,22,25). The lowest BCUT2D eigenvalue weighted by atomic mass is 10.0. The lowest BCUT2D eigenvalue weighted by Crippen LogP contribution is -2.49. The van der Waals surface area contributed by atoms with Crippen molar-refractivity contribution in [3.63, 3.8) is 0 Å². The van der Waals surface area contributed by atoms with Gasteiger partial charge in [-0.15, -0.1) is 0 Å². The van der Waals surface area contributed by atoms with Crippen LogP contribution in [0.5, 0.6) is 0 Å². The van der Waals surface area contributed by atoms with Crippen molar-refractivity contribution in [3.8, 4) is 5.69 Å². The van der Waals surface area contributed by atoms with Gasteiger partial charge in [-0.05, 0) is 31.0 Å². The van der Waals surface area contributed by atoms with Crippen LogP contribution < -0.4 is 5.32 Å². The Kier molecular flexibility index (Phi) is 5.48. The molecule has 1 amide bonds. The molecule has 0 spiro atoms. The number of amides is 1. The number of piperidine rings is 1. The third-order valence-electron chi connectivity index (χ3n) is 4.46. The number of rotatable bonds is 4. The van der Waals surface area contributed by atoms with Gasteiger partial charge in [0.25, 0.3) is 0 Å². The lowest BCUT2D eigenvalue weighted by Gasteiger charge is -2.32. The zero-order valence-corrected chi connectivity index (χ0v) is 15.8. The van der Waals surface area contributed by atoms with Crippen LogP contribution in [0.25, 0.3) is 5.69 Å². The molecule has 28 heavy (non-hydrogen) atoms. The van der Waals surface area contributed by atoms with E-state index in [1.54, 1.807) is 0 Å². The molecule has 1 atom stereocenters. The number of alkyl halides is 3. The molecule has 0 aliphatic carbocycles. The first-order valence-corrected chi connectivity index (χ1v) is 10.4. The topological polar surface area (TPSA) is 84.3 Å². The number of sulfonamides is 1. The average Bonchev–Trinajstić information content (AvgIpc) is 3.09. The number of hydrogen-bond acceptors (Lipinski definition) is 4. The van der Waals surface area contributed by atoms with E-state index in [0.29, 0.717) is 12.8 Å². The summed E-state index contributed by atoms with van der Waals surface area (Å²) in [7, 11) is -3.53. The summed E-state index contributed by atoms with van der Waals surface area (Å²) in [6, 6.07) is 5.24. The first-order valence-electron chi connectivity index (χ1n) is 8.57. The van der Waals surface area contributed by atoms with Crippen LogP contribution in [0.2, 0.25) is 0 Å². The summed E-state index contributed by atoms with van der Waals surface area (Å²) in [6.45, 7) is 0.273. The quantitative estimate of drug-likeness (QED) is 0.831. The molecule has 0 saturated carbocycles. The fourth-order valence-corrected chi connectivity index (χ4v) is 4.26. The number of hydrogen-bond donors (Lipinski definition) is 1. The molecule has 1 saturated heterocycles. The molecular formula is C17H19F3N4O3S. The van der Waals surface area contributed by atoms with E-state index in [4.69, 9.17) is 0 Å². The summed E-state index contributed by atoms with van der Waals surface area (Å²) < 4.78 is 64.7. The number of nitrogens with one attached hydrogen (secondary N) is 1. The van der Waals surface area contributed by atoms with Crippen LogP contribution in [-0.4, -0.2) is 47.3 Å². The van der Waals surface area contributed by atoms with Crippen molar-refractivity contribution in [1.29, 1.82) is 0 Å². The smallest absolute Gasteiger partial charge is 0.308 e. The maximum Gasteiger partial charge on any atom is 0.416 e. The van der Waals surface area contributed by atoms with E-state index >= 15 is 0 Å². The van der Waals surface area contributed by atoms with E-state index in [1.165, 1.54) is 29.1 Å². The average molecular weight is 416 g/mol. The minimum atomic E-state index is -4.48. The first kappa shape index (κ1) is 20.3. The number of nitrogens with zero attached hydrogens (tertiary/aromatic N) is 3. The molecule has 1 aromatic carbocycles. The van der Waals surface area contributed by atoms with E-state index in [0.717, 1.165) is 29.1 Å². The molecule has 1 N–H and O–H groups in total. The van der Waals surface area contributed by atoms with Crippen LogP contribution in [0.15, 0.2) is 36.5 Å².